The van der Waals surface area contributed by atoms with Gasteiger partial charge in [0.1, 0.15) is 0 Å². The van der Waals surface area contributed by atoms with Crippen molar-refractivity contribution in [1.82, 2.24) is 9.38 Å². The van der Waals surface area contributed by atoms with Gasteiger partial charge in [-0.25, -0.2) is 4.98 Å². The van der Waals surface area contributed by atoms with Gasteiger partial charge in [0.05, 0.1) is 5.69 Å². The highest BCUT2D eigenvalue weighted by atomic mass is 32.1. The number of nitrogens with two attached hydrogens (primary N) is 1. The van der Waals surface area contributed by atoms with Crippen molar-refractivity contribution in [3.8, 4) is 11.3 Å². The van der Waals surface area contributed by atoms with Gasteiger partial charge in [0, 0.05) is 28.8 Å². The lowest BCUT2D eigenvalue weighted by atomic mass is 9.86. The average molecular weight is 313 g/mol. The number of aromatic nitrogens is 2. The third-order valence-electron chi connectivity index (χ3n) is 4.09. The van der Waals surface area contributed by atoms with Gasteiger partial charge in [0.25, 0.3) is 0 Å². The number of aryl methyl sites for hydroxylation is 1. The quantitative estimate of drug-likeness (QED) is 0.788. The fourth-order valence-electron chi connectivity index (χ4n) is 2.79. The summed E-state index contributed by atoms with van der Waals surface area (Å²) in [5, 5.41) is 2.16. The molecule has 0 aliphatic carbocycles. The van der Waals surface area contributed by atoms with Crippen LogP contribution in [0.15, 0.2) is 29.6 Å². The molecule has 3 aromatic rings. The van der Waals surface area contributed by atoms with Crippen molar-refractivity contribution >= 4 is 16.3 Å². The second kappa shape index (κ2) is 5.52. The number of hydrogen-bond donors (Lipinski definition) is 1. The van der Waals surface area contributed by atoms with Gasteiger partial charge in [-0.05, 0) is 24.4 Å². The van der Waals surface area contributed by atoms with E-state index in [0.29, 0.717) is 6.54 Å². The first kappa shape index (κ1) is 15.3. The van der Waals surface area contributed by atoms with Crippen molar-refractivity contribution in [1.29, 1.82) is 0 Å². The normalized spacial score (nSPS) is 12.2. The van der Waals surface area contributed by atoms with E-state index < -0.39 is 0 Å². The van der Waals surface area contributed by atoms with Crippen LogP contribution in [0.3, 0.4) is 0 Å². The van der Waals surface area contributed by atoms with E-state index in [4.69, 9.17) is 10.7 Å². The van der Waals surface area contributed by atoms with E-state index in [1.807, 2.05) is 0 Å². The maximum absolute atomic E-state index is 5.71. The molecule has 0 fully saturated rings. The Bertz CT molecular complexity index is 788. The van der Waals surface area contributed by atoms with Gasteiger partial charge in [-0.2, -0.15) is 0 Å². The van der Waals surface area contributed by atoms with Crippen LogP contribution in [0.1, 0.15) is 37.7 Å². The Morgan fingerprint density at radius 3 is 2.45 bits per heavy atom. The van der Waals surface area contributed by atoms with Crippen molar-refractivity contribution in [2.75, 3.05) is 6.54 Å². The third kappa shape index (κ3) is 2.57. The summed E-state index contributed by atoms with van der Waals surface area (Å²) < 4.78 is 2.24. The lowest BCUT2D eigenvalue weighted by Gasteiger charge is -2.19. The minimum absolute atomic E-state index is 0.177. The van der Waals surface area contributed by atoms with E-state index in [2.05, 4.69) is 61.7 Å². The molecule has 0 saturated carbocycles. The predicted octanol–water partition coefficient (Wildman–Crippen LogP) is 4.17. The SMILES string of the molecule is Cc1c(-c2ccc(C(C)(C)C)cc2)nc2scc(CCN)n12. The third-order valence-corrected chi connectivity index (χ3v) is 4.96. The van der Waals surface area contributed by atoms with E-state index >= 15 is 0 Å². The first-order valence-electron chi connectivity index (χ1n) is 7.68. The maximum atomic E-state index is 5.71. The second-order valence-electron chi connectivity index (χ2n) is 6.76. The van der Waals surface area contributed by atoms with Crippen LogP contribution in [0.5, 0.6) is 0 Å². The highest BCUT2D eigenvalue weighted by Gasteiger charge is 2.16. The van der Waals surface area contributed by atoms with Gasteiger partial charge < -0.3 is 5.73 Å². The zero-order chi connectivity index (χ0) is 15.9. The van der Waals surface area contributed by atoms with Gasteiger partial charge in [-0.15, -0.1) is 11.3 Å². The number of fused-ring (bicyclic) bond motifs is 1. The lowest BCUT2D eigenvalue weighted by molar-refractivity contribution is 0.590. The summed E-state index contributed by atoms with van der Waals surface area (Å²) in [5.74, 6) is 0. The Balaban J connectivity index is 2.05. The first-order valence-corrected chi connectivity index (χ1v) is 8.56. The molecule has 2 N–H and O–H groups in total. The average Bonchev–Trinajstić information content (AvgIpc) is 3.00. The van der Waals surface area contributed by atoms with Crippen LogP contribution in [0.4, 0.5) is 0 Å². The summed E-state index contributed by atoms with van der Waals surface area (Å²) in [6.07, 6.45) is 0.888. The molecule has 3 rings (SSSR count). The zero-order valence-corrected chi connectivity index (χ0v) is 14.5. The summed E-state index contributed by atoms with van der Waals surface area (Å²) in [4.78, 5) is 5.87. The Morgan fingerprint density at radius 2 is 1.86 bits per heavy atom. The lowest BCUT2D eigenvalue weighted by Crippen LogP contribution is -2.10. The van der Waals surface area contributed by atoms with Crippen molar-refractivity contribution in [3.63, 3.8) is 0 Å². The molecule has 4 heteroatoms. The van der Waals surface area contributed by atoms with Crippen LogP contribution in [-0.4, -0.2) is 15.9 Å². The molecule has 2 aromatic heterocycles. The number of imidazole rings is 1. The van der Waals surface area contributed by atoms with E-state index in [0.717, 1.165) is 17.1 Å². The molecule has 0 spiro atoms. The molecular weight excluding hydrogens is 290 g/mol. The summed E-state index contributed by atoms with van der Waals surface area (Å²) in [7, 11) is 0. The molecule has 1 aromatic carbocycles. The molecule has 0 atom stereocenters. The molecule has 0 aliphatic rings. The standard InChI is InChI=1S/C18H23N3S/c1-12-16(13-5-7-14(8-6-13)18(2,3)4)20-17-21(12)15(9-10-19)11-22-17/h5-8,11H,9-10,19H2,1-4H3. The summed E-state index contributed by atoms with van der Waals surface area (Å²) in [6, 6.07) is 8.79. The van der Waals surface area contributed by atoms with Crippen LogP contribution < -0.4 is 5.73 Å². The molecule has 0 amide bonds. The molecule has 0 radical (unpaired) electrons. The molecule has 0 saturated heterocycles. The molecule has 2 heterocycles. The predicted molar refractivity (Wildman–Crippen MR) is 94.7 cm³/mol. The van der Waals surface area contributed by atoms with Crippen LogP contribution >= 0.6 is 11.3 Å². The maximum Gasteiger partial charge on any atom is 0.194 e. The summed E-state index contributed by atoms with van der Waals surface area (Å²) in [5.41, 5.74) is 11.9. The van der Waals surface area contributed by atoms with E-state index in [1.54, 1.807) is 11.3 Å². The Labute approximate surface area is 135 Å². The summed E-state index contributed by atoms with van der Waals surface area (Å²) in [6.45, 7) is 9.51. The van der Waals surface area contributed by atoms with Gasteiger partial charge in [-0.3, -0.25) is 4.40 Å². The number of nitrogens with zero attached hydrogens (tertiary/aromatic N) is 2. The zero-order valence-electron chi connectivity index (χ0n) is 13.7. The first-order chi connectivity index (χ1) is 10.4. The number of benzene rings is 1. The Morgan fingerprint density at radius 1 is 1.18 bits per heavy atom. The monoisotopic (exact) mass is 313 g/mol. The van der Waals surface area contributed by atoms with E-state index in [1.165, 1.54) is 22.5 Å². The highest BCUT2D eigenvalue weighted by molar-refractivity contribution is 7.15. The van der Waals surface area contributed by atoms with Crippen LogP contribution in [0.2, 0.25) is 0 Å². The van der Waals surface area contributed by atoms with Gasteiger partial charge in [0.15, 0.2) is 4.96 Å². The number of thiazole rings is 1. The number of rotatable bonds is 3. The van der Waals surface area contributed by atoms with Crippen LogP contribution in [0.25, 0.3) is 16.2 Å². The van der Waals surface area contributed by atoms with Crippen molar-refractivity contribution in [2.24, 2.45) is 5.73 Å². The van der Waals surface area contributed by atoms with E-state index in [9.17, 15) is 0 Å². The number of hydrogen-bond acceptors (Lipinski definition) is 3. The molecule has 22 heavy (non-hydrogen) atoms. The Kier molecular flexibility index (Phi) is 3.83. The largest absolute Gasteiger partial charge is 0.330 e. The fraction of sp³-hybridized carbons (Fsp3) is 0.389. The van der Waals surface area contributed by atoms with Gasteiger partial charge in [0.2, 0.25) is 0 Å². The van der Waals surface area contributed by atoms with Crippen molar-refractivity contribution in [3.05, 3.63) is 46.6 Å². The minimum Gasteiger partial charge on any atom is -0.330 e. The minimum atomic E-state index is 0.177. The molecule has 3 nitrogen and oxygen atoms in total. The smallest absolute Gasteiger partial charge is 0.194 e. The van der Waals surface area contributed by atoms with E-state index in [-0.39, 0.29) is 5.41 Å². The van der Waals surface area contributed by atoms with Crippen LogP contribution in [-0.2, 0) is 11.8 Å². The van der Waals surface area contributed by atoms with Gasteiger partial charge in [-0.1, -0.05) is 45.0 Å². The topological polar surface area (TPSA) is 43.3 Å². The van der Waals surface area contributed by atoms with Crippen LogP contribution in [0, 0.1) is 6.92 Å². The molecule has 0 aliphatic heterocycles. The van der Waals surface area contributed by atoms with Gasteiger partial charge >= 0.3 is 0 Å². The Hall–Kier alpha value is -1.65. The molecule has 0 bridgehead atoms. The fourth-order valence-corrected chi connectivity index (χ4v) is 3.76. The molecule has 0 unspecified atom stereocenters. The highest BCUT2D eigenvalue weighted by Crippen LogP contribution is 2.30. The summed E-state index contributed by atoms with van der Waals surface area (Å²) >= 11 is 1.69. The van der Waals surface area contributed by atoms with Crippen molar-refractivity contribution < 1.29 is 0 Å². The molecule has 116 valence electrons. The second-order valence-corrected chi connectivity index (χ2v) is 7.59. The molecular formula is C18H23N3S. The van der Waals surface area contributed by atoms with Crippen molar-refractivity contribution in [2.45, 2.75) is 39.5 Å².